The van der Waals surface area contributed by atoms with Crippen LogP contribution in [0.3, 0.4) is 0 Å². The SMILES string of the molecule is CCCCNc1nc(N)c(C=N)c(NCc2ccc(CN3CCCC3)cc2)n1. The molecule has 5 N–H and O–H groups in total. The number of likely N-dealkylation sites (tertiary alicyclic amines) is 1. The van der Waals surface area contributed by atoms with Crippen molar-refractivity contribution in [2.45, 2.75) is 45.7 Å². The van der Waals surface area contributed by atoms with Crippen LogP contribution < -0.4 is 16.4 Å². The zero-order chi connectivity index (χ0) is 19.8. The van der Waals surface area contributed by atoms with E-state index in [9.17, 15) is 0 Å². The molecule has 0 unspecified atom stereocenters. The van der Waals surface area contributed by atoms with Gasteiger partial charge < -0.3 is 21.8 Å². The molecular weight excluding hydrogens is 350 g/mol. The summed E-state index contributed by atoms with van der Waals surface area (Å²) in [5, 5.41) is 14.1. The molecule has 1 saturated heterocycles. The van der Waals surface area contributed by atoms with Gasteiger partial charge in [0.2, 0.25) is 5.95 Å². The monoisotopic (exact) mass is 381 g/mol. The minimum absolute atomic E-state index is 0.312. The number of nitrogen functional groups attached to an aromatic ring is 1. The van der Waals surface area contributed by atoms with E-state index in [0.29, 0.717) is 29.7 Å². The van der Waals surface area contributed by atoms with Crippen molar-refractivity contribution in [3.63, 3.8) is 0 Å². The maximum atomic E-state index is 7.63. The van der Waals surface area contributed by atoms with Crippen LogP contribution in [0.25, 0.3) is 0 Å². The highest BCUT2D eigenvalue weighted by atomic mass is 15.2. The minimum Gasteiger partial charge on any atom is -0.383 e. The Morgan fingerprint density at radius 1 is 1.11 bits per heavy atom. The minimum atomic E-state index is 0.312. The Labute approximate surface area is 167 Å². The Kier molecular flexibility index (Phi) is 7.19. The lowest BCUT2D eigenvalue weighted by atomic mass is 10.1. The second-order valence-electron chi connectivity index (χ2n) is 7.27. The highest BCUT2D eigenvalue weighted by molar-refractivity contribution is 5.90. The fraction of sp³-hybridized carbons (Fsp3) is 0.476. The van der Waals surface area contributed by atoms with Gasteiger partial charge >= 0.3 is 0 Å². The Hall–Kier alpha value is -2.67. The molecule has 150 valence electrons. The summed E-state index contributed by atoms with van der Waals surface area (Å²) in [7, 11) is 0. The standard InChI is InChI=1S/C21H31N7/c1-2-3-10-24-21-26-19(23)18(13-22)20(27-21)25-14-16-6-8-17(9-7-16)15-28-11-4-5-12-28/h6-9,13,22H,2-5,10-12,14-15H2,1H3,(H4,23,24,25,26,27). The van der Waals surface area contributed by atoms with E-state index in [1.54, 1.807) is 0 Å². The molecule has 7 heteroatoms. The summed E-state index contributed by atoms with van der Waals surface area (Å²) in [6.45, 7) is 7.01. The van der Waals surface area contributed by atoms with Crippen LogP contribution in [0.15, 0.2) is 24.3 Å². The van der Waals surface area contributed by atoms with E-state index in [-0.39, 0.29) is 0 Å². The van der Waals surface area contributed by atoms with Crippen molar-refractivity contribution >= 4 is 23.8 Å². The lowest BCUT2D eigenvalue weighted by molar-refractivity contribution is 0.331. The first kappa shape index (κ1) is 20.1. The van der Waals surface area contributed by atoms with Crippen LogP contribution in [0, 0.1) is 5.41 Å². The molecule has 0 saturated carbocycles. The highest BCUT2D eigenvalue weighted by Crippen LogP contribution is 2.20. The number of hydrogen-bond donors (Lipinski definition) is 4. The van der Waals surface area contributed by atoms with Gasteiger partial charge in [0.15, 0.2) is 0 Å². The summed E-state index contributed by atoms with van der Waals surface area (Å²) in [5.41, 5.74) is 9.05. The van der Waals surface area contributed by atoms with E-state index >= 15 is 0 Å². The largest absolute Gasteiger partial charge is 0.383 e. The second-order valence-corrected chi connectivity index (χ2v) is 7.27. The van der Waals surface area contributed by atoms with Crippen LogP contribution in [0.5, 0.6) is 0 Å². The molecule has 1 aromatic heterocycles. The van der Waals surface area contributed by atoms with Gasteiger partial charge in [0.1, 0.15) is 11.6 Å². The molecule has 1 fully saturated rings. The fourth-order valence-electron chi connectivity index (χ4n) is 3.37. The number of anilines is 3. The summed E-state index contributed by atoms with van der Waals surface area (Å²) in [4.78, 5) is 11.3. The molecule has 28 heavy (non-hydrogen) atoms. The predicted octanol–water partition coefficient (Wildman–Crippen LogP) is 3.48. The molecule has 2 heterocycles. The van der Waals surface area contributed by atoms with E-state index in [1.165, 1.54) is 43.3 Å². The van der Waals surface area contributed by atoms with Gasteiger partial charge in [-0.25, -0.2) is 0 Å². The van der Waals surface area contributed by atoms with Gasteiger partial charge in [-0.3, -0.25) is 4.90 Å². The lowest BCUT2D eigenvalue weighted by Crippen LogP contribution is -2.18. The number of rotatable bonds is 10. The van der Waals surface area contributed by atoms with Crippen LogP contribution in [-0.4, -0.2) is 40.7 Å². The number of nitrogens with one attached hydrogen (secondary N) is 3. The molecule has 1 aliphatic rings. The van der Waals surface area contributed by atoms with E-state index in [4.69, 9.17) is 11.1 Å². The Morgan fingerprint density at radius 3 is 2.50 bits per heavy atom. The lowest BCUT2D eigenvalue weighted by Gasteiger charge is -2.15. The number of nitrogens with zero attached hydrogens (tertiary/aromatic N) is 3. The number of nitrogens with two attached hydrogens (primary N) is 1. The molecule has 0 aliphatic carbocycles. The zero-order valence-electron chi connectivity index (χ0n) is 16.7. The quantitative estimate of drug-likeness (QED) is 0.371. The van der Waals surface area contributed by atoms with E-state index in [0.717, 1.165) is 25.9 Å². The molecule has 1 aliphatic heterocycles. The molecule has 0 amide bonds. The van der Waals surface area contributed by atoms with Crippen LogP contribution in [-0.2, 0) is 13.1 Å². The van der Waals surface area contributed by atoms with Crippen molar-refractivity contribution < 1.29 is 0 Å². The molecule has 7 nitrogen and oxygen atoms in total. The van der Waals surface area contributed by atoms with Crippen LogP contribution in [0.2, 0.25) is 0 Å². The topological polar surface area (TPSA) is 103 Å². The van der Waals surface area contributed by atoms with Gasteiger partial charge in [0.05, 0.1) is 5.56 Å². The Balaban J connectivity index is 1.62. The molecule has 0 atom stereocenters. The first-order valence-corrected chi connectivity index (χ1v) is 10.2. The molecule has 0 bridgehead atoms. The zero-order valence-corrected chi connectivity index (χ0v) is 16.7. The Morgan fingerprint density at radius 2 is 1.82 bits per heavy atom. The van der Waals surface area contributed by atoms with Gasteiger partial charge in [0, 0.05) is 25.8 Å². The molecule has 0 spiro atoms. The van der Waals surface area contributed by atoms with E-state index < -0.39 is 0 Å². The van der Waals surface area contributed by atoms with Crippen LogP contribution >= 0.6 is 0 Å². The van der Waals surface area contributed by atoms with Crippen molar-refractivity contribution in [2.75, 3.05) is 36.0 Å². The second kappa shape index (κ2) is 10.0. The number of hydrogen-bond acceptors (Lipinski definition) is 7. The average molecular weight is 382 g/mol. The van der Waals surface area contributed by atoms with Crippen LogP contribution in [0.4, 0.5) is 17.6 Å². The van der Waals surface area contributed by atoms with Gasteiger partial charge in [0.25, 0.3) is 0 Å². The highest BCUT2D eigenvalue weighted by Gasteiger charge is 2.12. The van der Waals surface area contributed by atoms with Crippen molar-refractivity contribution in [3.05, 3.63) is 41.0 Å². The summed E-state index contributed by atoms with van der Waals surface area (Å²) in [6.07, 6.45) is 5.97. The third-order valence-electron chi connectivity index (χ3n) is 5.02. The van der Waals surface area contributed by atoms with Crippen molar-refractivity contribution in [3.8, 4) is 0 Å². The van der Waals surface area contributed by atoms with Crippen LogP contribution in [0.1, 0.15) is 49.3 Å². The van der Waals surface area contributed by atoms with E-state index in [2.05, 4.69) is 56.7 Å². The van der Waals surface area contributed by atoms with Crippen molar-refractivity contribution in [1.82, 2.24) is 14.9 Å². The smallest absolute Gasteiger partial charge is 0.226 e. The summed E-state index contributed by atoms with van der Waals surface area (Å²) < 4.78 is 0. The first-order valence-electron chi connectivity index (χ1n) is 10.2. The number of unbranched alkanes of at least 4 members (excludes halogenated alkanes) is 1. The first-order chi connectivity index (χ1) is 13.7. The van der Waals surface area contributed by atoms with Gasteiger partial charge in [-0.15, -0.1) is 0 Å². The van der Waals surface area contributed by atoms with Crippen molar-refractivity contribution in [1.29, 1.82) is 5.41 Å². The number of benzene rings is 1. The van der Waals surface area contributed by atoms with Crippen molar-refractivity contribution in [2.24, 2.45) is 0 Å². The molecule has 1 aromatic carbocycles. The van der Waals surface area contributed by atoms with E-state index in [1.807, 2.05) is 0 Å². The summed E-state index contributed by atoms with van der Waals surface area (Å²) >= 11 is 0. The Bertz CT molecular complexity index is 767. The third-order valence-corrected chi connectivity index (χ3v) is 5.02. The molecular formula is C21H31N7. The molecule has 3 rings (SSSR count). The molecule has 2 aromatic rings. The summed E-state index contributed by atoms with van der Waals surface area (Å²) in [5.74, 6) is 1.40. The summed E-state index contributed by atoms with van der Waals surface area (Å²) in [6, 6.07) is 8.68. The normalized spacial score (nSPS) is 14.2. The van der Waals surface area contributed by atoms with Gasteiger partial charge in [-0.1, -0.05) is 37.6 Å². The maximum Gasteiger partial charge on any atom is 0.226 e. The third kappa shape index (κ3) is 5.42. The fourth-order valence-corrected chi connectivity index (χ4v) is 3.37. The van der Waals surface area contributed by atoms with Gasteiger partial charge in [-0.05, 0) is 43.5 Å². The maximum absolute atomic E-state index is 7.63. The number of aromatic nitrogens is 2. The van der Waals surface area contributed by atoms with Gasteiger partial charge in [-0.2, -0.15) is 9.97 Å². The molecule has 0 radical (unpaired) electrons. The average Bonchev–Trinajstić information content (AvgIpc) is 3.20. The predicted molar refractivity (Wildman–Crippen MR) is 116 cm³/mol.